The summed E-state index contributed by atoms with van der Waals surface area (Å²) in [5, 5.41) is 3.14. The summed E-state index contributed by atoms with van der Waals surface area (Å²) in [5.74, 6) is 0.898. The van der Waals surface area contributed by atoms with Gasteiger partial charge in [0.05, 0.1) is 7.11 Å². The number of benzene rings is 1. The molecule has 2 aromatic rings. The van der Waals surface area contributed by atoms with E-state index in [1.54, 1.807) is 7.11 Å². The summed E-state index contributed by atoms with van der Waals surface area (Å²) in [6.45, 7) is 7.00. The molecule has 4 nitrogen and oxygen atoms in total. The van der Waals surface area contributed by atoms with Gasteiger partial charge in [0.1, 0.15) is 11.4 Å². The van der Waals surface area contributed by atoms with Crippen LogP contribution in [0.1, 0.15) is 52.6 Å². The number of carbonyl (C=O) groups excluding carboxylic acids is 1. The molecule has 0 bridgehead atoms. The van der Waals surface area contributed by atoms with E-state index in [9.17, 15) is 4.79 Å². The predicted octanol–water partition coefficient (Wildman–Crippen LogP) is 3.62. The van der Waals surface area contributed by atoms with Gasteiger partial charge in [-0.3, -0.25) is 4.79 Å². The zero-order valence-electron chi connectivity index (χ0n) is 15.0. The minimum absolute atomic E-state index is 0.0562. The highest BCUT2D eigenvalue weighted by molar-refractivity contribution is 5.95. The molecular formula is C20H26N2O2. The van der Waals surface area contributed by atoms with Crippen LogP contribution >= 0.6 is 0 Å². The Morgan fingerprint density at radius 2 is 2.08 bits per heavy atom. The van der Waals surface area contributed by atoms with Crippen LogP contribution in [0, 0.1) is 13.8 Å². The van der Waals surface area contributed by atoms with E-state index in [4.69, 9.17) is 4.74 Å². The zero-order chi connectivity index (χ0) is 17.3. The van der Waals surface area contributed by atoms with Crippen molar-refractivity contribution in [2.75, 3.05) is 7.11 Å². The molecule has 0 saturated heterocycles. The number of hydrogen-bond acceptors (Lipinski definition) is 2. The van der Waals surface area contributed by atoms with Gasteiger partial charge in [-0.15, -0.1) is 0 Å². The van der Waals surface area contributed by atoms with Crippen LogP contribution in [-0.2, 0) is 13.0 Å². The Balaban J connectivity index is 1.99. The van der Waals surface area contributed by atoms with E-state index in [2.05, 4.69) is 36.7 Å². The second-order valence-electron chi connectivity index (χ2n) is 6.58. The van der Waals surface area contributed by atoms with E-state index < -0.39 is 0 Å². The Kier molecular flexibility index (Phi) is 4.65. The van der Waals surface area contributed by atoms with Crippen molar-refractivity contribution >= 4 is 5.91 Å². The summed E-state index contributed by atoms with van der Waals surface area (Å²) in [6, 6.07) is 8.40. The van der Waals surface area contributed by atoms with Crippen LogP contribution < -0.4 is 10.1 Å². The van der Waals surface area contributed by atoms with Crippen molar-refractivity contribution < 1.29 is 9.53 Å². The molecule has 0 aliphatic heterocycles. The van der Waals surface area contributed by atoms with Crippen LogP contribution in [0.4, 0.5) is 0 Å². The van der Waals surface area contributed by atoms with Gasteiger partial charge in [-0.05, 0) is 61.9 Å². The molecule has 1 N–H and O–H groups in total. The fourth-order valence-corrected chi connectivity index (χ4v) is 3.39. The van der Waals surface area contributed by atoms with Gasteiger partial charge < -0.3 is 14.6 Å². The van der Waals surface area contributed by atoms with Crippen molar-refractivity contribution in [3.63, 3.8) is 0 Å². The summed E-state index contributed by atoms with van der Waals surface area (Å²) in [7, 11) is 1.67. The van der Waals surface area contributed by atoms with Gasteiger partial charge in [0.15, 0.2) is 0 Å². The van der Waals surface area contributed by atoms with Crippen molar-refractivity contribution in [3.8, 4) is 5.75 Å². The number of rotatable bonds is 6. The van der Waals surface area contributed by atoms with Crippen LogP contribution in [0.15, 0.2) is 24.3 Å². The first-order chi connectivity index (χ1) is 11.5. The monoisotopic (exact) mass is 326 g/mol. The van der Waals surface area contributed by atoms with Crippen molar-refractivity contribution in [2.45, 2.75) is 52.6 Å². The number of amides is 1. The first-order valence-corrected chi connectivity index (χ1v) is 8.67. The first-order valence-electron chi connectivity index (χ1n) is 8.67. The highest BCUT2D eigenvalue weighted by atomic mass is 16.5. The summed E-state index contributed by atoms with van der Waals surface area (Å²) >= 11 is 0. The van der Waals surface area contributed by atoms with Gasteiger partial charge in [-0.1, -0.05) is 19.1 Å². The summed E-state index contributed by atoms with van der Waals surface area (Å²) in [6.07, 6.45) is 3.13. The first kappa shape index (κ1) is 16.6. The minimum Gasteiger partial charge on any atom is -0.497 e. The molecule has 1 heterocycles. The third-order valence-corrected chi connectivity index (χ3v) is 4.88. The highest BCUT2D eigenvalue weighted by Crippen LogP contribution is 2.26. The Labute approximate surface area is 143 Å². The molecule has 1 amide bonds. The summed E-state index contributed by atoms with van der Waals surface area (Å²) < 4.78 is 7.48. The number of nitrogens with zero attached hydrogens (tertiary/aromatic N) is 1. The Morgan fingerprint density at radius 1 is 1.33 bits per heavy atom. The van der Waals surface area contributed by atoms with Gasteiger partial charge in [-0.2, -0.15) is 0 Å². The molecule has 4 heteroatoms. The lowest BCUT2D eigenvalue weighted by Gasteiger charge is -2.13. The Bertz CT molecular complexity index is 757. The van der Waals surface area contributed by atoms with Crippen LogP contribution in [0.2, 0.25) is 0 Å². The third-order valence-electron chi connectivity index (χ3n) is 4.88. The highest BCUT2D eigenvalue weighted by Gasteiger charge is 2.28. The van der Waals surface area contributed by atoms with Gasteiger partial charge in [0, 0.05) is 18.3 Å². The molecule has 1 aromatic carbocycles. The fraction of sp³-hybridized carbons (Fsp3) is 0.450. The molecule has 1 aromatic heterocycles. The summed E-state index contributed by atoms with van der Waals surface area (Å²) in [5.41, 5.74) is 5.50. The smallest absolute Gasteiger partial charge is 0.268 e. The number of carbonyl (C=O) groups is 1. The number of hydrogen-bond donors (Lipinski definition) is 1. The second-order valence-corrected chi connectivity index (χ2v) is 6.58. The van der Waals surface area contributed by atoms with E-state index in [1.165, 1.54) is 11.3 Å². The lowest BCUT2D eigenvalue weighted by atomic mass is 10.1. The molecular weight excluding hydrogens is 300 g/mol. The van der Waals surface area contributed by atoms with Crippen molar-refractivity contribution in [1.29, 1.82) is 0 Å². The molecule has 0 spiro atoms. The quantitative estimate of drug-likeness (QED) is 0.881. The molecule has 1 aliphatic carbocycles. The molecule has 1 fully saturated rings. The van der Waals surface area contributed by atoms with Gasteiger partial charge in [-0.25, -0.2) is 0 Å². The topological polar surface area (TPSA) is 43.3 Å². The number of aromatic nitrogens is 1. The predicted molar refractivity (Wildman–Crippen MR) is 95.9 cm³/mol. The fourth-order valence-electron chi connectivity index (χ4n) is 3.39. The minimum atomic E-state index is 0.0562. The lowest BCUT2D eigenvalue weighted by Crippen LogP contribution is -2.28. The zero-order valence-corrected chi connectivity index (χ0v) is 15.0. The maximum atomic E-state index is 12.8. The lowest BCUT2D eigenvalue weighted by molar-refractivity contribution is 0.0941. The summed E-state index contributed by atoms with van der Waals surface area (Å²) in [4.78, 5) is 12.8. The largest absolute Gasteiger partial charge is 0.497 e. The molecule has 0 radical (unpaired) electrons. The normalized spacial score (nSPS) is 13.8. The number of methoxy groups -OCH3 is 1. The molecule has 3 rings (SSSR count). The maximum absolute atomic E-state index is 12.8. The van der Waals surface area contributed by atoms with Crippen LogP contribution in [0.3, 0.4) is 0 Å². The standard InChI is InChI=1S/C20H26N2O2/c1-5-18-13(2)19(20(23)21-16-9-10-16)22(14(18)3)12-15-7-6-8-17(11-15)24-4/h6-8,11,16H,5,9-10,12H2,1-4H3,(H,21,23). The van der Waals surface area contributed by atoms with Gasteiger partial charge in [0.2, 0.25) is 0 Å². The third kappa shape index (κ3) is 3.18. The van der Waals surface area contributed by atoms with E-state index in [1.807, 2.05) is 18.2 Å². The van der Waals surface area contributed by atoms with Crippen molar-refractivity contribution in [3.05, 3.63) is 52.3 Å². The second kappa shape index (κ2) is 6.71. The molecule has 128 valence electrons. The molecule has 0 unspecified atom stereocenters. The van der Waals surface area contributed by atoms with Crippen LogP contribution in [-0.4, -0.2) is 23.6 Å². The number of nitrogens with one attached hydrogen (secondary N) is 1. The van der Waals surface area contributed by atoms with Gasteiger partial charge in [0.25, 0.3) is 5.91 Å². The van der Waals surface area contributed by atoms with E-state index >= 15 is 0 Å². The molecule has 0 atom stereocenters. The molecule has 1 aliphatic rings. The Morgan fingerprint density at radius 3 is 2.71 bits per heavy atom. The SMILES string of the molecule is CCc1c(C)c(C(=O)NC2CC2)n(Cc2cccc(OC)c2)c1C. The van der Waals surface area contributed by atoms with E-state index in [0.29, 0.717) is 12.6 Å². The van der Waals surface area contributed by atoms with Crippen LogP contribution in [0.25, 0.3) is 0 Å². The van der Waals surface area contributed by atoms with E-state index in [-0.39, 0.29) is 5.91 Å². The number of ether oxygens (including phenoxy) is 1. The van der Waals surface area contributed by atoms with Crippen molar-refractivity contribution in [2.24, 2.45) is 0 Å². The molecule has 1 saturated carbocycles. The average molecular weight is 326 g/mol. The van der Waals surface area contributed by atoms with Crippen LogP contribution in [0.5, 0.6) is 5.75 Å². The Hall–Kier alpha value is -2.23. The average Bonchev–Trinajstić information content (AvgIpc) is 3.34. The van der Waals surface area contributed by atoms with Crippen molar-refractivity contribution in [1.82, 2.24) is 9.88 Å². The van der Waals surface area contributed by atoms with Gasteiger partial charge >= 0.3 is 0 Å². The molecule has 24 heavy (non-hydrogen) atoms. The van der Waals surface area contributed by atoms with E-state index in [0.717, 1.165) is 41.8 Å². The maximum Gasteiger partial charge on any atom is 0.268 e.